The van der Waals surface area contributed by atoms with Crippen LogP contribution in [0.15, 0.2) is 42.6 Å². The van der Waals surface area contributed by atoms with Gasteiger partial charge in [0.05, 0.1) is 16.8 Å². The number of hydrogen-bond donors (Lipinski definition) is 3. The predicted octanol–water partition coefficient (Wildman–Crippen LogP) is 2.22. The summed E-state index contributed by atoms with van der Waals surface area (Å²) in [7, 11) is 0. The number of pyridine rings is 1. The van der Waals surface area contributed by atoms with Crippen LogP contribution in [0.1, 0.15) is 20.7 Å². The lowest BCUT2D eigenvalue weighted by molar-refractivity contribution is 0.0696. The molecule has 0 atom stereocenters. The second kappa shape index (κ2) is 5.18. The Hall–Kier alpha value is -2.89. The topological polar surface area (TPSA) is 99.5 Å². The number of nitrogens with zero attached hydrogens (tertiary/aromatic N) is 1. The van der Waals surface area contributed by atoms with Gasteiger partial charge >= 0.3 is 11.9 Å². The Labute approximate surface area is 108 Å². The molecule has 1 heterocycles. The Balaban J connectivity index is 2.40. The molecule has 1 aromatic heterocycles. The van der Waals surface area contributed by atoms with Gasteiger partial charge in [0.15, 0.2) is 0 Å². The first kappa shape index (κ1) is 12.6. The lowest BCUT2D eigenvalue weighted by Crippen LogP contribution is -2.06. The molecule has 0 spiro atoms. The number of anilines is 2. The first-order valence-electron chi connectivity index (χ1n) is 5.36. The molecule has 0 aliphatic rings. The van der Waals surface area contributed by atoms with Gasteiger partial charge in [-0.25, -0.2) is 14.6 Å². The molecule has 1 aromatic carbocycles. The van der Waals surface area contributed by atoms with E-state index in [4.69, 9.17) is 10.2 Å². The number of carbonyl (C=O) groups is 2. The van der Waals surface area contributed by atoms with Gasteiger partial charge in [-0.15, -0.1) is 0 Å². The van der Waals surface area contributed by atoms with Crippen molar-refractivity contribution in [3.8, 4) is 0 Å². The molecular formula is C13H10N2O4. The van der Waals surface area contributed by atoms with Crippen molar-refractivity contribution in [2.24, 2.45) is 0 Å². The normalized spacial score (nSPS) is 9.89. The van der Waals surface area contributed by atoms with E-state index in [0.29, 0.717) is 5.82 Å². The summed E-state index contributed by atoms with van der Waals surface area (Å²) in [5, 5.41) is 20.8. The molecule has 96 valence electrons. The number of carboxylic acid groups (broad SMARTS) is 2. The van der Waals surface area contributed by atoms with Crippen LogP contribution in [0.2, 0.25) is 0 Å². The molecule has 0 amide bonds. The highest BCUT2D eigenvalue weighted by atomic mass is 16.4. The van der Waals surface area contributed by atoms with Crippen LogP contribution in [-0.2, 0) is 0 Å². The summed E-state index contributed by atoms with van der Waals surface area (Å²) in [6.07, 6.45) is 1.56. The van der Waals surface area contributed by atoms with Crippen molar-refractivity contribution in [2.75, 3.05) is 5.32 Å². The van der Waals surface area contributed by atoms with Crippen molar-refractivity contribution in [1.82, 2.24) is 4.98 Å². The molecule has 0 saturated carbocycles. The predicted molar refractivity (Wildman–Crippen MR) is 67.9 cm³/mol. The molecule has 0 radical (unpaired) electrons. The van der Waals surface area contributed by atoms with Gasteiger partial charge in [-0.1, -0.05) is 6.07 Å². The molecule has 19 heavy (non-hydrogen) atoms. The summed E-state index contributed by atoms with van der Waals surface area (Å²) in [6, 6.07) is 9.01. The van der Waals surface area contributed by atoms with Crippen LogP contribution in [0.3, 0.4) is 0 Å². The van der Waals surface area contributed by atoms with Gasteiger partial charge in [-0.05, 0) is 30.3 Å². The van der Waals surface area contributed by atoms with E-state index in [1.165, 1.54) is 12.1 Å². The summed E-state index contributed by atoms with van der Waals surface area (Å²) in [6.45, 7) is 0. The molecule has 2 aromatic rings. The lowest BCUT2D eigenvalue weighted by Gasteiger charge is -2.09. The van der Waals surface area contributed by atoms with E-state index in [1.807, 2.05) is 0 Å². The number of carboxylic acids is 2. The van der Waals surface area contributed by atoms with Gasteiger partial charge < -0.3 is 15.5 Å². The maximum atomic E-state index is 11.1. The fraction of sp³-hybridized carbons (Fsp3) is 0. The molecule has 0 aliphatic carbocycles. The van der Waals surface area contributed by atoms with E-state index in [9.17, 15) is 9.59 Å². The molecule has 2 rings (SSSR count). The number of aromatic nitrogens is 1. The standard InChI is InChI=1S/C13H10N2O4/c16-12(17)8-4-5-10(9(7-8)13(18)19)15-11-3-1-2-6-14-11/h1-7H,(H,14,15)(H,16,17)(H,18,19). The summed E-state index contributed by atoms with van der Waals surface area (Å²) >= 11 is 0. The smallest absolute Gasteiger partial charge is 0.337 e. The summed E-state index contributed by atoms with van der Waals surface area (Å²) < 4.78 is 0. The van der Waals surface area contributed by atoms with Gasteiger partial charge in [0.25, 0.3) is 0 Å². The lowest BCUT2D eigenvalue weighted by atomic mass is 10.1. The van der Waals surface area contributed by atoms with Crippen LogP contribution in [0.4, 0.5) is 11.5 Å². The fourth-order valence-electron chi connectivity index (χ4n) is 1.54. The minimum atomic E-state index is -1.21. The molecule has 6 nitrogen and oxygen atoms in total. The second-order valence-corrected chi connectivity index (χ2v) is 3.71. The minimum Gasteiger partial charge on any atom is -0.478 e. The fourth-order valence-corrected chi connectivity index (χ4v) is 1.54. The third-order valence-electron chi connectivity index (χ3n) is 2.42. The van der Waals surface area contributed by atoms with Crippen molar-refractivity contribution in [3.63, 3.8) is 0 Å². The SMILES string of the molecule is O=C(O)c1ccc(Nc2ccccn2)c(C(=O)O)c1. The number of aromatic carboxylic acids is 2. The number of nitrogens with one attached hydrogen (secondary N) is 1. The van der Waals surface area contributed by atoms with E-state index in [2.05, 4.69) is 10.3 Å². The second-order valence-electron chi connectivity index (χ2n) is 3.71. The van der Waals surface area contributed by atoms with Crippen LogP contribution in [-0.4, -0.2) is 27.1 Å². The zero-order valence-electron chi connectivity index (χ0n) is 9.70. The van der Waals surface area contributed by atoms with Crippen molar-refractivity contribution >= 4 is 23.4 Å². The summed E-state index contributed by atoms with van der Waals surface area (Å²) in [5.41, 5.74) is 0.0886. The monoisotopic (exact) mass is 258 g/mol. The van der Waals surface area contributed by atoms with Crippen molar-refractivity contribution in [2.45, 2.75) is 0 Å². The van der Waals surface area contributed by atoms with Gasteiger partial charge in [0.1, 0.15) is 5.82 Å². The average Bonchev–Trinajstić information content (AvgIpc) is 2.39. The van der Waals surface area contributed by atoms with Gasteiger partial charge in [0.2, 0.25) is 0 Å². The Morgan fingerprint density at radius 2 is 1.84 bits per heavy atom. The molecule has 0 aliphatic heterocycles. The molecular weight excluding hydrogens is 248 g/mol. The third kappa shape index (κ3) is 2.86. The Morgan fingerprint density at radius 1 is 1.05 bits per heavy atom. The van der Waals surface area contributed by atoms with Crippen LogP contribution in [0, 0.1) is 0 Å². The zero-order chi connectivity index (χ0) is 13.8. The Kier molecular flexibility index (Phi) is 3.42. The Bertz CT molecular complexity index is 626. The van der Waals surface area contributed by atoms with Crippen LogP contribution in [0.5, 0.6) is 0 Å². The van der Waals surface area contributed by atoms with Crippen LogP contribution in [0.25, 0.3) is 0 Å². The van der Waals surface area contributed by atoms with Crippen LogP contribution >= 0.6 is 0 Å². The van der Waals surface area contributed by atoms with Crippen molar-refractivity contribution in [1.29, 1.82) is 0 Å². The molecule has 6 heteroatoms. The third-order valence-corrected chi connectivity index (χ3v) is 2.42. The molecule has 0 bridgehead atoms. The van der Waals surface area contributed by atoms with E-state index in [1.54, 1.807) is 24.4 Å². The number of rotatable bonds is 4. The Morgan fingerprint density at radius 3 is 2.42 bits per heavy atom. The molecule has 0 unspecified atom stereocenters. The maximum absolute atomic E-state index is 11.1. The zero-order valence-corrected chi connectivity index (χ0v) is 9.70. The van der Waals surface area contributed by atoms with E-state index < -0.39 is 11.9 Å². The molecule has 3 N–H and O–H groups in total. The van der Waals surface area contributed by atoms with E-state index in [0.717, 1.165) is 6.07 Å². The minimum absolute atomic E-state index is 0.0797. The molecule has 0 saturated heterocycles. The van der Waals surface area contributed by atoms with Crippen LogP contribution < -0.4 is 5.32 Å². The van der Waals surface area contributed by atoms with Crippen molar-refractivity contribution < 1.29 is 19.8 Å². The van der Waals surface area contributed by atoms with E-state index in [-0.39, 0.29) is 16.8 Å². The summed E-state index contributed by atoms with van der Waals surface area (Å²) in [5.74, 6) is -1.90. The van der Waals surface area contributed by atoms with Gasteiger partial charge in [-0.3, -0.25) is 0 Å². The first-order chi connectivity index (χ1) is 9.08. The summed E-state index contributed by atoms with van der Waals surface area (Å²) in [4.78, 5) is 26.0. The maximum Gasteiger partial charge on any atom is 0.337 e. The van der Waals surface area contributed by atoms with Gasteiger partial charge in [-0.2, -0.15) is 0 Å². The van der Waals surface area contributed by atoms with Crippen molar-refractivity contribution in [3.05, 3.63) is 53.7 Å². The number of hydrogen-bond acceptors (Lipinski definition) is 4. The largest absolute Gasteiger partial charge is 0.478 e. The quantitative estimate of drug-likeness (QED) is 0.777. The van der Waals surface area contributed by atoms with Gasteiger partial charge in [0, 0.05) is 6.20 Å². The number of benzene rings is 1. The first-order valence-corrected chi connectivity index (χ1v) is 5.36. The average molecular weight is 258 g/mol. The highest BCUT2D eigenvalue weighted by Crippen LogP contribution is 2.21. The molecule has 0 fully saturated rings. The highest BCUT2D eigenvalue weighted by molar-refractivity contribution is 5.98. The highest BCUT2D eigenvalue weighted by Gasteiger charge is 2.14. The van der Waals surface area contributed by atoms with E-state index >= 15 is 0 Å².